The van der Waals surface area contributed by atoms with Crippen LogP contribution < -0.4 is 0 Å². The van der Waals surface area contributed by atoms with Crippen LogP contribution in [0.15, 0.2) is 12.3 Å². The second-order valence-corrected chi connectivity index (χ2v) is 3.25. The molecule has 0 atom stereocenters. The zero-order chi connectivity index (χ0) is 10.6. The standard InChI is InChI=1S/C11H15NO2/c1-3-5-9-6-10(11(13)14)12-7-8(9)4-2/h6-7H,3-5H2,1-2H3,(H,13,14). The molecule has 0 aliphatic carbocycles. The summed E-state index contributed by atoms with van der Waals surface area (Å²) in [4.78, 5) is 14.6. The Hall–Kier alpha value is -1.38. The van der Waals surface area contributed by atoms with Crippen molar-refractivity contribution in [2.75, 3.05) is 0 Å². The molecule has 0 bridgehead atoms. The van der Waals surface area contributed by atoms with Gasteiger partial charge in [-0.3, -0.25) is 0 Å². The molecule has 0 fully saturated rings. The number of nitrogens with zero attached hydrogens (tertiary/aromatic N) is 1. The number of aromatic carboxylic acids is 1. The third kappa shape index (κ3) is 2.31. The van der Waals surface area contributed by atoms with E-state index in [4.69, 9.17) is 5.11 Å². The molecule has 1 aromatic rings. The molecule has 3 heteroatoms. The van der Waals surface area contributed by atoms with Crippen LogP contribution >= 0.6 is 0 Å². The molecule has 3 nitrogen and oxygen atoms in total. The maximum Gasteiger partial charge on any atom is 0.354 e. The van der Waals surface area contributed by atoms with E-state index in [1.165, 1.54) is 0 Å². The summed E-state index contributed by atoms with van der Waals surface area (Å²) in [5.41, 5.74) is 2.41. The van der Waals surface area contributed by atoms with E-state index in [2.05, 4.69) is 18.8 Å². The maximum atomic E-state index is 10.7. The van der Waals surface area contributed by atoms with Gasteiger partial charge in [0.05, 0.1) is 0 Å². The first-order valence-electron chi connectivity index (χ1n) is 4.90. The average molecular weight is 193 g/mol. The summed E-state index contributed by atoms with van der Waals surface area (Å²) >= 11 is 0. The van der Waals surface area contributed by atoms with Gasteiger partial charge in [-0.15, -0.1) is 0 Å². The minimum atomic E-state index is -0.954. The van der Waals surface area contributed by atoms with E-state index in [-0.39, 0.29) is 5.69 Å². The molecule has 14 heavy (non-hydrogen) atoms. The van der Waals surface area contributed by atoms with E-state index in [1.807, 2.05) is 0 Å². The van der Waals surface area contributed by atoms with Crippen molar-refractivity contribution in [2.45, 2.75) is 33.1 Å². The number of hydrogen-bond acceptors (Lipinski definition) is 2. The van der Waals surface area contributed by atoms with E-state index in [0.717, 1.165) is 30.4 Å². The quantitative estimate of drug-likeness (QED) is 0.798. The van der Waals surface area contributed by atoms with E-state index >= 15 is 0 Å². The van der Waals surface area contributed by atoms with Crippen LogP contribution in [0, 0.1) is 0 Å². The van der Waals surface area contributed by atoms with E-state index in [1.54, 1.807) is 12.3 Å². The molecule has 1 rings (SSSR count). The van der Waals surface area contributed by atoms with Crippen LogP contribution in [0.4, 0.5) is 0 Å². The molecule has 1 heterocycles. The lowest BCUT2D eigenvalue weighted by atomic mass is 10.0. The summed E-state index contributed by atoms with van der Waals surface area (Å²) in [5.74, 6) is -0.954. The molecule has 76 valence electrons. The molecule has 0 spiro atoms. The van der Waals surface area contributed by atoms with Gasteiger partial charge in [-0.05, 0) is 30.0 Å². The second-order valence-electron chi connectivity index (χ2n) is 3.25. The highest BCUT2D eigenvalue weighted by atomic mass is 16.4. The Morgan fingerprint density at radius 1 is 1.43 bits per heavy atom. The average Bonchev–Trinajstić information content (AvgIpc) is 2.18. The highest BCUT2D eigenvalue weighted by Gasteiger charge is 2.08. The van der Waals surface area contributed by atoms with Gasteiger partial charge in [0.15, 0.2) is 0 Å². The van der Waals surface area contributed by atoms with Crippen molar-refractivity contribution in [2.24, 2.45) is 0 Å². The van der Waals surface area contributed by atoms with Gasteiger partial charge < -0.3 is 5.11 Å². The normalized spacial score (nSPS) is 10.1. The maximum absolute atomic E-state index is 10.7. The summed E-state index contributed by atoms with van der Waals surface area (Å²) in [7, 11) is 0. The Morgan fingerprint density at radius 3 is 2.64 bits per heavy atom. The van der Waals surface area contributed by atoms with Gasteiger partial charge in [-0.2, -0.15) is 0 Å². The smallest absolute Gasteiger partial charge is 0.354 e. The molecule has 1 aromatic heterocycles. The van der Waals surface area contributed by atoms with Gasteiger partial charge in [-0.25, -0.2) is 9.78 Å². The fourth-order valence-electron chi connectivity index (χ4n) is 1.46. The fraction of sp³-hybridized carbons (Fsp3) is 0.455. The molecule has 0 aliphatic heterocycles. The molecule has 0 radical (unpaired) electrons. The first-order chi connectivity index (χ1) is 6.69. The van der Waals surface area contributed by atoms with Crippen molar-refractivity contribution in [1.29, 1.82) is 0 Å². The summed E-state index contributed by atoms with van der Waals surface area (Å²) in [6, 6.07) is 1.69. The molecule has 0 aromatic carbocycles. The van der Waals surface area contributed by atoms with Crippen LogP contribution in [-0.2, 0) is 12.8 Å². The molecule has 0 unspecified atom stereocenters. The van der Waals surface area contributed by atoms with Crippen molar-refractivity contribution >= 4 is 5.97 Å². The zero-order valence-corrected chi connectivity index (χ0v) is 8.58. The topological polar surface area (TPSA) is 50.2 Å². The summed E-state index contributed by atoms with van der Waals surface area (Å²) in [6.45, 7) is 4.14. The third-order valence-corrected chi connectivity index (χ3v) is 2.20. The Balaban J connectivity index is 3.07. The second kappa shape index (κ2) is 4.74. The Labute approximate surface area is 83.8 Å². The molecule has 0 amide bonds. The van der Waals surface area contributed by atoms with Crippen LogP contribution in [0.1, 0.15) is 41.9 Å². The number of carbonyl (C=O) groups is 1. The number of aromatic nitrogens is 1. The van der Waals surface area contributed by atoms with E-state index < -0.39 is 5.97 Å². The predicted molar refractivity (Wildman–Crippen MR) is 54.6 cm³/mol. The van der Waals surface area contributed by atoms with Crippen molar-refractivity contribution in [3.8, 4) is 0 Å². The van der Waals surface area contributed by atoms with Gasteiger partial charge in [0, 0.05) is 6.20 Å². The number of carboxylic acid groups (broad SMARTS) is 1. The minimum Gasteiger partial charge on any atom is -0.477 e. The van der Waals surface area contributed by atoms with Gasteiger partial charge in [0.25, 0.3) is 0 Å². The molecule has 0 aliphatic rings. The molecule has 1 N–H and O–H groups in total. The highest BCUT2D eigenvalue weighted by Crippen LogP contribution is 2.12. The lowest BCUT2D eigenvalue weighted by molar-refractivity contribution is 0.0690. The van der Waals surface area contributed by atoms with E-state index in [9.17, 15) is 4.79 Å². The Morgan fingerprint density at radius 2 is 2.14 bits per heavy atom. The third-order valence-electron chi connectivity index (χ3n) is 2.20. The molecule has 0 saturated heterocycles. The first kappa shape index (κ1) is 10.7. The summed E-state index contributed by atoms with van der Waals surface area (Å²) < 4.78 is 0. The van der Waals surface area contributed by atoms with Crippen LogP contribution in [-0.4, -0.2) is 16.1 Å². The van der Waals surface area contributed by atoms with Crippen molar-refractivity contribution in [1.82, 2.24) is 4.98 Å². The van der Waals surface area contributed by atoms with Crippen LogP contribution in [0.2, 0.25) is 0 Å². The van der Waals surface area contributed by atoms with Crippen LogP contribution in [0.3, 0.4) is 0 Å². The van der Waals surface area contributed by atoms with Crippen molar-refractivity contribution < 1.29 is 9.90 Å². The van der Waals surface area contributed by atoms with E-state index in [0.29, 0.717) is 0 Å². The number of rotatable bonds is 4. The minimum absolute atomic E-state index is 0.144. The lowest BCUT2D eigenvalue weighted by Gasteiger charge is -2.06. The predicted octanol–water partition coefficient (Wildman–Crippen LogP) is 2.29. The molecule has 0 saturated carbocycles. The van der Waals surface area contributed by atoms with Gasteiger partial charge in [0.1, 0.15) is 5.69 Å². The number of aryl methyl sites for hydroxylation is 2. The molecular formula is C11H15NO2. The highest BCUT2D eigenvalue weighted by molar-refractivity contribution is 5.85. The van der Waals surface area contributed by atoms with Gasteiger partial charge in [0.2, 0.25) is 0 Å². The Kier molecular flexibility index (Phi) is 3.63. The SMILES string of the molecule is CCCc1cc(C(=O)O)ncc1CC. The lowest BCUT2D eigenvalue weighted by Crippen LogP contribution is -2.04. The molecular weight excluding hydrogens is 178 g/mol. The Bertz CT molecular complexity index is 334. The van der Waals surface area contributed by atoms with Crippen molar-refractivity contribution in [3.05, 3.63) is 29.1 Å². The monoisotopic (exact) mass is 193 g/mol. The largest absolute Gasteiger partial charge is 0.477 e. The van der Waals surface area contributed by atoms with Crippen LogP contribution in [0.25, 0.3) is 0 Å². The van der Waals surface area contributed by atoms with Crippen molar-refractivity contribution in [3.63, 3.8) is 0 Å². The fourth-order valence-corrected chi connectivity index (χ4v) is 1.46. The zero-order valence-electron chi connectivity index (χ0n) is 8.58. The van der Waals surface area contributed by atoms with Gasteiger partial charge >= 0.3 is 5.97 Å². The summed E-state index contributed by atoms with van der Waals surface area (Å²) in [6.07, 6.45) is 4.53. The number of carboxylic acids is 1. The number of hydrogen-bond donors (Lipinski definition) is 1. The number of pyridine rings is 1. The van der Waals surface area contributed by atoms with Crippen LogP contribution in [0.5, 0.6) is 0 Å². The van der Waals surface area contributed by atoms with Gasteiger partial charge in [-0.1, -0.05) is 20.3 Å². The summed E-state index contributed by atoms with van der Waals surface area (Å²) in [5, 5.41) is 8.78. The first-order valence-corrected chi connectivity index (χ1v) is 4.90.